The highest BCUT2D eigenvalue weighted by molar-refractivity contribution is 7.53. The molecule has 0 rings (SSSR count). The molecule has 0 saturated heterocycles. The van der Waals surface area contributed by atoms with E-state index in [0.717, 1.165) is 0 Å². The minimum absolute atomic E-state index is 0.346. The lowest BCUT2D eigenvalue weighted by atomic mass is 10.2. The van der Waals surface area contributed by atoms with Gasteiger partial charge in [-0.05, 0) is 6.92 Å². The summed E-state index contributed by atoms with van der Waals surface area (Å²) >= 11 is 0. The molecule has 0 radical (unpaired) electrons. The second-order valence-corrected chi connectivity index (χ2v) is 3.41. The van der Waals surface area contributed by atoms with E-state index in [4.69, 9.17) is 25.5 Å². The third-order valence-corrected chi connectivity index (χ3v) is 1.74. The normalized spacial score (nSPS) is 18.0. The Morgan fingerprint density at radius 2 is 1.91 bits per heavy atom. The van der Waals surface area contributed by atoms with Crippen LogP contribution < -0.4 is 5.73 Å². The van der Waals surface area contributed by atoms with Crippen molar-refractivity contribution >= 4 is 8.17 Å². The van der Waals surface area contributed by atoms with Gasteiger partial charge in [0.15, 0.2) is 0 Å². The van der Waals surface area contributed by atoms with Gasteiger partial charge in [-0.1, -0.05) is 0 Å². The Kier molecular flexibility index (Phi) is 4.35. The van der Waals surface area contributed by atoms with Crippen molar-refractivity contribution in [3.8, 4) is 0 Å². The Balaban J connectivity index is 3.77. The monoisotopic (exact) mass is 186 g/mol. The predicted octanol–water partition coefficient (Wildman–Crippen LogP) is -1.63. The highest BCUT2D eigenvalue weighted by atomic mass is 31.2. The molecule has 0 fully saturated rings. The molecule has 0 amide bonds. The zero-order valence-electron chi connectivity index (χ0n) is 6.08. The van der Waals surface area contributed by atoms with Crippen molar-refractivity contribution in [2.75, 3.05) is 6.61 Å². The first kappa shape index (κ1) is 11.2. The largest absolute Gasteiger partial charge is 0.567 e. The van der Waals surface area contributed by atoms with Gasteiger partial charge in [-0.2, -0.15) is 14.7 Å². The zero-order chi connectivity index (χ0) is 9.07. The van der Waals surface area contributed by atoms with Gasteiger partial charge >= 0.3 is 8.17 Å². The number of aliphatic hydroxyl groups excluding tert-OH is 1. The Labute approximate surface area is 64.9 Å². The van der Waals surface area contributed by atoms with Gasteiger partial charge in [0, 0.05) is 0 Å². The van der Waals surface area contributed by atoms with E-state index in [0.29, 0.717) is 0 Å². The summed E-state index contributed by atoms with van der Waals surface area (Å²) in [6.45, 7) is 1.07. The smallest absolute Gasteiger partial charge is 0.395 e. The Morgan fingerprint density at radius 1 is 1.45 bits per heavy atom. The quantitative estimate of drug-likeness (QED) is 0.336. The van der Waals surface area contributed by atoms with Crippen molar-refractivity contribution in [1.82, 2.24) is 0 Å². The van der Waals surface area contributed by atoms with Gasteiger partial charge in [-0.3, -0.25) is 0 Å². The van der Waals surface area contributed by atoms with Gasteiger partial charge in [0.1, 0.15) is 6.10 Å². The second kappa shape index (κ2) is 4.27. The van der Waals surface area contributed by atoms with Crippen LogP contribution in [0.15, 0.2) is 0 Å². The van der Waals surface area contributed by atoms with Crippen LogP contribution in [0, 0.1) is 0 Å². The highest BCUT2D eigenvalue weighted by Crippen LogP contribution is 2.47. The molecule has 0 aromatic heterocycles. The Morgan fingerprint density at radius 3 is 2.18 bits per heavy atom. The van der Waals surface area contributed by atoms with Gasteiger partial charge in [-0.15, -0.1) is 4.52 Å². The molecule has 6 N–H and O–H groups in total. The van der Waals surface area contributed by atoms with Crippen molar-refractivity contribution in [2.24, 2.45) is 5.73 Å². The van der Waals surface area contributed by atoms with Crippen molar-refractivity contribution in [1.29, 1.82) is 0 Å². The minimum Gasteiger partial charge on any atom is -0.395 e. The zero-order valence-corrected chi connectivity index (χ0v) is 6.98. The van der Waals surface area contributed by atoms with Crippen LogP contribution >= 0.6 is 8.17 Å². The fraction of sp³-hybridized carbons (Fsp3) is 1.00. The van der Waals surface area contributed by atoms with Crippen LogP contribution in [-0.4, -0.2) is 38.5 Å². The summed E-state index contributed by atoms with van der Waals surface area (Å²) in [5.74, 6) is 0. The van der Waals surface area contributed by atoms with Crippen LogP contribution in [0.3, 0.4) is 0 Å². The van der Waals surface area contributed by atoms with Gasteiger partial charge in [0.2, 0.25) is 0 Å². The molecule has 0 aliphatic carbocycles. The lowest BCUT2D eigenvalue weighted by Gasteiger charge is -2.15. The van der Waals surface area contributed by atoms with E-state index in [9.17, 15) is 0 Å². The Hall–Kier alpha value is 0.190. The molecule has 6 nitrogen and oxygen atoms in total. The molecule has 0 heterocycles. The van der Waals surface area contributed by atoms with E-state index >= 15 is 0 Å². The van der Waals surface area contributed by atoms with Crippen LogP contribution in [0.4, 0.5) is 0 Å². The number of hydrogen-bond acceptors (Lipinski definition) is 6. The SMILES string of the molecule is C[C@@H](O[P+](O)(O)O)[C@H](N)CO. The van der Waals surface area contributed by atoms with Gasteiger partial charge in [-0.25, -0.2) is 0 Å². The van der Waals surface area contributed by atoms with Crippen LogP contribution in [0.1, 0.15) is 6.92 Å². The molecule has 0 aliphatic heterocycles. The van der Waals surface area contributed by atoms with E-state index in [1.54, 1.807) is 0 Å². The van der Waals surface area contributed by atoms with E-state index < -0.39 is 20.3 Å². The van der Waals surface area contributed by atoms with Crippen molar-refractivity contribution < 1.29 is 24.3 Å². The van der Waals surface area contributed by atoms with Crippen LogP contribution in [0.25, 0.3) is 0 Å². The Bertz CT molecular complexity index is 116. The number of aliphatic hydroxyl groups is 1. The maximum atomic E-state index is 8.46. The number of rotatable bonds is 4. The fourth-order valence-electron chi connectivity index (χ4n) is 0.450. The summed E-state index contributed by atoms with van der Waals surface area (Å²) in [5, 5.41) is 8.46. The van der Waals surface area contributed by atoms with E-state index in [-0.39, 0.29) is 6.61 Å². The van der Waals surface area contributed by atoms with Crippen molar-refractivity contribution in [3.05, 3.63) is 0 Å². The van der Waals surface area contributed by atoms with Gasteiger partial charge in [0.25, 0.3) is 0 Å². The highest BCUT2D eigenvalue weighted by Gasteiger charge is 2.37. The van der Waals surface area contributed by atoms with Crippen LogP contribution in [0.5, 0.6) is 0 Å². The maximum absolute atomic E-state index is 8.46. The number of hydrogen-bond donors (Lipinski definition) is 5. The van der Waals surface area contributed by atoms with Gasteiger partial charge < -0.3 is 10.8 Å². The van der Waals surface area contributed by atoms with Crippen LogP contribution in [-0.2, 0) is 4.52 Å². The average Bonchev–Trinajstić information content (AvgIpc) is 1.82. The third-order valence-electron chi connectivity index (χ3n) is 1.12. The lowest BCUT2D eigenvalue weighted by Crippen LogP contribution is -2.37. The first-order valence-electron chi connectivity index (χ1n) is 2.99. The standard InChI is InChI=1S/C4H13NO5P/c1-3(4(5)2-6)10-11(7,8)9/h3-4,6-9H,2,5H2,1H3/q+1/t3-,4-/m1/s1. The molecular weight excluding hydrogens is 173 g/mol. The predicted molar refractivity (Wildman–Crippen MR) is 39.2 cm³/mol. The molecular formula is C4H13NO5P+. The molecule has 0 spiro atoms. The van der Waals surface area contributed by atoms with E-state index in [1.807, 2.05) is 0 Å². The molecule has 11 heavy (non-hydrogen) atoms. The summed E-state index contributed by atoms with van der Waals surface area (Å²) in [6.07, 6.45) is -0.798. The third kappa shape index (κ3) is 5.46. The molecule has 0 unspecified atom stereocenters. The van der Waals surface area contributed by atoms with Crippen LogP contribution in [0.2, 0.25) is 0 Å². The molecule has 7 heteroatoms. The first-order valence-corrected chi connectivity index (χ1v) is 4.55. The minimum atomic E-state index is -4.23. The summed E-state index contributed by atoms with van der Waals surface area (Å²) < 4.78 is 4.28. The molecule has 0 aliphatic rings. The first-order chi connectivity index (χ1) is 4.87. The summed E-state index contributed by atoms with van der Waals surface area (Å²) in [6, 6.07) is -0.735. The summed E-state index contributed by atoms with van der Waals surface area (Å²) in [7, 11) is -4.23. The topological polar surface area (TPSA) is 116 Å². The molecule has 2 atom stereocenters. The van der Waals surface area contributed by atoms with E-state index in [2.05, 4.69) is 4.52 Å². The molecule has 0 aromatic carbocycles. The molecule has 0 aromatic rings. The second-order valence-electron chi connectivity index (χ2n) is 2.17. The molecule has 0 bridgehead atoms. The molecule has 68 valence electrons. The fourth-order valence-corrected chi connectivity index (χ4v) is 1.05. The summed E-state index contributed by atoms with van der Waals surface area (Å²) in [4.78, 5) is 25.2. The average molecular weight is 186 g/mol. The van der Waals surface area contributed by atoms with Crippen molar-refractivity contribution in [3.63, 3.8) is 0 Å². The van der Waals surface area contributed by atoms with Gasteiger partial charge in [0.05, 0.1) is 12.6 Å². The molecule has 0 saturated carbocycles. The van der Waals surface area contributed by atoms with E-state index in [1.165, 1.54) is 6.92 Å². The summed E-state index contributed by atoms with van der Waals surface area (Å²) in [5.41, 5.74) is 5.23. The number of nitrogens with two attached hydrogens (primary N) is 1. The lowest BCUT2D eigenvalue weighted by molar-refractivity contribution is 0.0825. The van der Waals surface area contributed by atoms with Crippen molar-refractivity contribution in [2.45, 2.75) is 19.1 Å². The maximum Gasteiger partial charge on any atom is 0.567 e.